The van der Waals surface area contributed by atoms with Crippen LogP contribution in [0.5, 0.6) is 17.2 Å². The van der Waals surface area contributed by atoms with Gasteiger partial charge in [-0.15, -0.1) is 0 Å². The molecule has 1 atom stereocenters. The molecule has 0 aliphatic heterocycles. The summed E-state index contributed by atoms with van der Waals surface area (Å²) in [6, 6.07) is 15.6. The summed E-state index contributed by atoms with van der Waals surface area (Å²) in [5, 5.41) is 0.189. The Hall–Kier alpha value is -3.53. The molecule has 7 nitrogen and oxygen atoms in total. The second kappa shape index (κ2) is 9.73. The molecule has 4 aromatic rings. The third-order valence-electron chi connectivity index (χ3n) is 4.52. The Balaban J connectivity index is 1.52. The minimum Gasteiger partial charge on any atom is -0.491 e. The lowest BCUT2D eigenvalue weighted by molar-refractivity contribution is -0.0497. The van der Waals surface area contributed by atoms with Gasteiger partial charge < -0.3 is 19.2 Å². The first-order valence-corrected chi connectivity index (χ1v) is 10.9. The summed E-state index contributed by atoms with van der Waals surface area (Å²) in [5.41, 5.74) is 2.36. The number of pyridine rings is 1. The number of H-pyrrole nitrogens is 1. The van der Waals surface area contributed by atoms with E-state index in [1.165, 1.54) is 25.3 Å². The lowest BCUT2D eigenvalue weighted by atomic mass is 10.2. The summed E-state index contributed by atoms with van der Waals surface area (Å²) >= 11 is 0. The number of alkyl halides is 2. The van der Waals surface area contributed by atoms with Gasteiger partial charge in [0, 0.05) is 18.3 Å². The molecule has 10 heteroatoms. The van der Waals surface area contributed by atoms with Crippen LogP contribution in [0.1, 0.15) is 11.3 Å². The molecule has 1 unspecified atom stereocenters. The number of halogens is 2. The second-order valence-corrected chi connectivity index (χ2v) is 8.02. The Labute approximate surface area is 184 Å². The van der Waals surface area contributed by atoms with Crippen molar-refractivity contribution in [3.05, 3.63) is 72.1 Å². The summed E-state index contributed by atoms with van der Waals surface area (Å²) in [7, 11) is -0.108. The molecule has 166 valence electrons. The third kappa shape index (κ3) is 5.02. The van der Waals surface area contributed by atoms with E-state index >= 15 is 0 Å². The van der Waals surface area contributed by atoms with Gasteiger partial charge in [-0.2, -0.15) is 8.78 Å². The highest BCUT2D eigenvalue weighted by Gasteiger charge is 2.18. The monoisotopic (exact) mass is 459 g/mol. The van der Waals surface area contributed by atoms with Crippen LogP contribution in [0.25, 0.3) is 11.0 Å². The maximum Gasteiger partial charge on any atom is 0.387 e. The maximum atomic E-state index is 12.9. The fourth-order valence-corrected chi connectivity index (χ4v) is 4.10. The molecule has 0 radical (unpaired) electrons. The van der Waals surface area contributed by atoms with Crippen LogP contribution in [0.3, 0.4) is 0 Å². The molecule has 0 aliphatic carbocycles. The number of nitrogens with one attached hydrogen (secondary N) is 1. The molecule has 2 heterocycles. The van der Waals surface area contributed by atoms with Gasteiger partial charge in [0.2, 0.25) is 0 Å². The number of rotatable bonds is 9. The Kier molecular flexibility index (Phi) is 6.60. The largest absolute Gasteiger partial charge is 0.491 e. The van der Waals surface area contributed by atoms with E-state index in [4.69, 9.17) is 9.47 Å². The molecule has 0 bridgehead atoms. The first kappa shape index (κ1) is 21.7. The van der Waals surface area contributed by atoms with Crippen LogP contribution in [0.15, 0.2) is 66.0 Å². The summed E-state index contributed by atoms with van der Waals surface area (Å²) in [4.78, 5) is 11.5. The average Bonchev–Trinajstić information content (AvgIpc) is 3.22. The van der Waals surface area contributed by atoms with Crippen molar-refractivity contribution in [2.24, 2.45) is 0 Å². The van der Waals surface area contributed by atoms with Gasteiger partial charge in [0.1, 0.15) is 12.4 Å². The summed E-state index contributed by atoms with van der Waals surface area (Å²) in [5.74, 6) is 0.878. The van der Waals surface area contributed by atoms with E-state index in [0.717, 1.165) is 5.56 Å². The highest BCUT2D eigenvalue weighted by molar-refractivity contribution is 7.84. The highest BCUT2D eigenvalue weighted by atomic mass is 32.2. The lowest BCUT2D eigenvalue weighted by Gasteiger charge is -2.13. The molecule has 0 saturated carbocycles. The van der Waals surface area contributed by atoms with Crippen LogP contribution in [0.2, 0.25) is 0 Å². The molecule has 2 aromatic carbocycles. The Morgan fingerprint density at radius 2 is 1.94 bits per heavy atom. The molecule has 32 heavy (non-hydrogen) atoms. The molecule has 2 aromatic heterocycles. The van der Waals surface area contributed by atoms with Gasteiger partial charge in [-0.1, -0.05) is 30.3 Å². The van der Waals surface area contributed by atoms with Crippen LogP contribution < -0.4 is 14.2 Å². The number of ether oxygens (including phenoxy) is 3. The normalized spacial score (nSPS) is 12.1. The van der Waals surface area contributed by atoms with E-state index in [0.29, 0.717) is 34.8 Å². The molecule has 0 amide bonds. The van der Waals surface area contributed by atoms with Crippen LogP contribution in [0.4, 0.5) is 8.78 Å². The highest BCUT2D eigenvalue weighted by Crippen LogP contribution is 2.31. The van der Waals surface area contributed by atoms with Crippen LogP contribution in [0, 0.1) is 0 Å². The van der Waals surface area contributed by atoms with Gasteiger partial charge in [0.15, 0.2) is 16.7 Å². The number of hydrogen-bond acceptors (Lipinski definition) is 6. The van der Waals surface area contributed by atoms with Crippen LogP contribution in [-0.2, 0) is 23.2 Å². The van der Waals surface area contributed by atoms with Crippen molar-refractivity contribution in [3.8, 4) is 17.2 Å². The fourth-order valence-electron chi connectivity index (χ4n) is 3.08. The van der Waals surface area contributed by atoms with Crippen molar-refractivity contribution in [1.82, 2.24) is 15.0 Å². The average molecular weight is 459 g/mol. The number of imidazole rings is 1. The van der Waals surface area contributed by atoms with Gasteiger partial charge in [-0.3, -0.25) is 9.19 Å². The smallest absolute Gasteiger partial charge is 0.387 e. The van der Waals surface area contributed by atoms with Gasteiger partial charge >= 0.3 is 6.61 Å². The van der Waals surface area contributed by atoms with Crippen LogP contribution >= 0.6 is 0 Å². The summed E-state index contributed by atoms with van der Waals surface area (Å²) in [6.07, 6.45) is 1.56. The second-order valence-electron chi connectivity index (χ2n) is 6.65. The number of fused-ring (bicyclic) bond motifs is 1. The maximum absolute atomic E-state index is 12.9. The Morgan fingerprint density at radius 1 is 1.12 bits per heavy atom. The zero-order chi connectivity index (χ0) is 22.5. The van der Waals surface area contributed by atoms with E-state index in [-0.39, 0.29) is 16.7 Å². The predicted octanol–water partition coefficient (Wildman–Crippen LogP) is 4.45. The van der Waals surface area contributed by atoms with Crippen molar-refractivity contribution >= 4 is 21.8 Å². The molecule has 0 fully saturated rings. The van der Waals surface area contributed by atoms with Gasteiger partial charge in [0.25, 0.3) is 0 Å². The predicted molar refractivity (Wildman–Crippen MR) is 114 cm³/mol. The molecule has 0 saturated heterocycles. The van der Waals surface area contributed by atoms with Crippen molar-refractivity contribution < 1.29 is 27.2 Å². The topological polar surface area (TPSA) is 86.3 Å². The molecule has 1 N–H and O–H groups in total. The van der Waals surface area contributed by atoms with E-state index in [1.807, 2.05) is 30.3 Å². The van der Waals surface area contributed by atoms with Gasteiger partial charge in [-0.25, -0.2) is 4.98 Å². The number of aromatic amines is 1. The molecular formula is C22H19F2N3O4S. The van der Waals surface area contributed by atoms with E-state index in [1.54, 1.807) is 12.3 Å². The summed E-state index contributed by atoms with van der Waals surface area (Å²) < 4.78 is 53.5. The molecular weight excluding hydrogens is 440 g/mol. The Bertz CT molecular complexity index is 1230. The SMILES string of the molecule is COc1c(OCc2ccccc2)ccnc1CS(=O)c1nc2ccc(OC(F)F)cc2[nH]1. The van der Waals surface area contributed by atoms with Gasteiger partial charge in [-0.05, 0) is 17.7 Å². The van der Waals surface area contributed by atoms with Gasteiger partial charge in [0.05, 0.1) is 40.4 Å². The molecule has 0 aliphatic rings. The minimum absolute atomic E-state index is 0.0138. The number of benzene rings is 2. The van der Waals surface area contributed by atoms with E-state index < -0.39 is 17.4 Å². The van der Waals surface area contributed by atoms with Crippen molar-refractivity contribution in [2.75, 3.05) is 7.11 Å². The molecule has 0 spiro atoms. The number of nitrogens with zero attached hydrogens (tertiary/aromatic N) is 2. The number of methoxy groups -OCH3 is 1. The van der Waals surface area contributed by atoms with E-state index in [9.17, 15) is 13.0 Å². The van der Waals surface area contributed by atoms with E-state index in [2.05, 4.69) is 19.7 Å². The number of hydrogen-bond donors (Lipinski definition) is 1. The summed E-state index contributed by atoms with van der Waals surface area (Å²) in [6.45, 7) is -2.59. The first-order chi connectivity index (χ1) is 15.5. The quantitative estimate of drug-likeness (QED) is 0.398. The standard InChI is InChI=1S/C22H19F2N3O4S/c1-29-20-18(25-10-9-19(20)30-12-14-5-3-2-4-6-14)13-32(28)22-26-16-8-7-15(31-21(23)24)11-17(16)27-22/h2-11,21H,12-13H2,1H3,(H,26,27). The van der Waals surface area contributed by atoms with Crippen LogP contribution in [-0.4, -0.2) is 32.9 Å². The zero-order valence-corrected chi connectivity index (χ0v) is 17.8. The fraction of sp³-hybridized carbons (Fsp3) is 0.182. The van der Waals surface area contributed by atoms with Crippen molar-refractivity contribution in [3.63, 3.8) is 0 Å². The number of aromatic nitrogens is 3. The lowest BCUT2D eigenvalue weighted by Crippen LogP contribution is -2.05. The van der Waals surface area contributed by atoms with Crippen molar-refractivity contribution in [2.45, 2.75) is 24.1 Å². The first-order valence-electron chi connectivity index (χ1n) is 9.55. The van der Waals surface area contributed by atoms with Crippen molar-refractivity contribution in [1.29, 1.82) is 0 Å². The third-order valence-corrected chi connectivity index (χ3v) is 5.68. The minimum atomic E-state index is -2.93. The Morgan fingerprint density at radius 3 is 2.69 bits per heavy atom. The molecule has 4 rings (SSSR count). The zero-order valence-electron chi connectivity index (χ0n) is 17.0.